The van der Waals surface area contributed by atoms with Crippen LogP contribution in [-0.2, 0) is 11.3 Å². The number of hydrogen-bond donors (Lipinski definition) is 1. The zero-order valence-corrected chi connectivity index (χ0v) is 15.3. The molecule has 0 bridgehead atoms. The molecule has 1 amide bonds. The highest BCUT2D eigenvalue weighted by Gasteiger charge is 2.22. The second-order valence-corrected chi connectivity index (χ2v) is 7.88. The zero-order chi connectivity index (χ0) is 16.9. The van der Waals surface area contributed by atoms with Crippen molar-refractivity contribution in [3.8, 4) is 5.75 Å². The van der Waals surface area contributed by atoms with Gasteiger partial charge in [-0.25, -0.2) is 0 Å². The van der Waals surface area contributed by atoms with Crippen molar-refractivity contribution in [3.05, 3.63) is 29.8 Å². The highest BCUT2D eigenvalue weighted by molar-refractivity contribution is 8.01. The van der Waals surface area contributed by atoms with Crippen molar-refractivity contribution in [1.29, 1.82) is 0 Å². The van der Waals surface area contributed by atoms with Crippen LogP contribution in [-0.4, -0.2) is 47.0 Å². The van der Waals surface area contributed by atoms with Gasteiger partial charge in [-0.3, -0.25) is 4.79 Å². The highest BCUT2D eigenvalue weighted by atomic mass is 32.2. The number of rotatable bonds is 8. The molecule has 1 aromatic heterocycles. The van der Waals surface area contributed by atoms with Crippen molar-refractivity contribution in [2.24, 2.45) is 0 Å². The molecule has 6 nitrogen and oxygen atoms in total. The lowest BCUT2D eigenvalue weighted by molar-refractivity contribution is -0.127. The summed E-state index contributed by atoms with van der Waals surface area (Å²) in [5.74, 6) is 1.22. The van der Waals surface area contributed by atoms with Crippen molar-refractivity contribution in [1.82, 2.24) is 15.1 Å². The first kappa shape index (κ1) is 17.0. The lowest BCUT2D eigenvalue weighted by atomic mass is 10.2. The van der Waals surface area contributed by atoms with E-state index in [0.717, 1.165) is 20.8 Å². The van der Waals surface area contributed by atoms with Crippen LogP contribution in [0.5, 0.6) is 5.75 Å². The van der Waals surface area contributed by atoms with Crippen LogP contribution >= 0.6 is 23.1 Å². The van der Waals surface area contributed by atoms with E-state index in [1.807, 2.05) is 31.3 Å². The van der Waals surface area contributed by atoms with Gasteiger partial charge in [0.15, 0.2) is 4.34 Å². The van der Waals surface area contributed by atoms with E-state index in [1.54, 1.807) is 12.0 Å². The van der Waals surface area contributed by atoms with Gasteiger partial charge in [0.05, 0.1) is 12.9 Å². The summed E-state index contributed by atoms with van der Waals surface area (Å²) in [5, 5.41) is 12.4. The molecule has 1 heterocycles. The predicted octanol–water partition coefficient (Wildman–Crippen LogP) is 2.87. The van der Waals surface area contributed by atoms with Crippen LogP contribution in [0.2, 0.25) is 0 Å². The number of amides is 1. The molecule has 1 aliphatic carbocycles. The van der Waals surface area contributed by atoms with Crippen molar-refractivity contribution < 1.29 is 9.53 Å². The normalized spacial score (nSPS) is 13.6. The van der Waals surface area contributed by atoms with Gasteiger partial charge in [-0.2, -0.15) is 0 Å². The van der Waals surface area contributed by atoms with Crippen LogP contribution in [0.3, 0.4) is 0 Å². The monoisotopic (exact) mass is 364 g/mol. The first-order valence-corrected chi connectivity index (χ1v) is 9.54. The third-order valence-electron chi connectivity index (χ3n) is 3.61. The summed E-state index contributed by atoms with van der Waals surface area (Å²) in [6.07, 6.45) is 2.41. The van der Waals surface area contributed by atoms with Crippen LogP contribution in [0.4, 0.5) is 5.13 Å². The van der Waals surface area contributed by atoms with E-state index in [2.05, 4.69) is 15.5 Å². The summed E-state index contributed by atoms with van der Waals surface area (Å²) >= 11 is 2.94. The van der Waals surface area contributed by atoms with E-state index in [1.165, 1.54) is 35.9 Å². The van der Waals surface area contributed by atoms with Crippen molar-refractivity contribution >= 4 is 34.1 Å². The Bertz CT molecular complexity index is 703. The number of hydrogen-bond acceptors (Lipinski definition) is 7. The quantitative estimate of drug-likeness (QED) is 0.727. The van der Waals surface area contributed by atoms with Crippen molar-refractivity contribution in [3.63, 3.8) is 0 Å². The number of anilines is 1. The molecule has 3 rings (SSSR count). The Morgan fingerprint density at radius 2 is 2.29 bits per heavy atom. The van der Waals surface area contributed by atoms with E-state index in [-0.39, 0.29) is 5.91 Å². The number of nitrogens with one attached hydrogen (secondary N) is 1. The summed E-state index contributed by atoms with van der Waals surface area (Å²) in [5.41, 5.74) is 1.04. The highest BCUT2D eigenvalue weighted by Crippen LogP contribution is 2.30. The van der Waals surface area contributed by atoms with Gasteiger partial charge in [0.25, 0.3) is 0 Å². The molecule has 0 spiro atoms. The molecule has 1 aliphatic rings. The fourth-order valence-corrected chi connectivity index (χ4v) is 3.86. The van der Waals surface area contributed by atoms with Crippen LogP contribution < -0.4 is 10.1 Å². The number of ether oxygens (including phenoxy) is 1. The van der Waals surface area contributed by atoms with Crippen molar-refractivity contribution in [2.75, 3.05) is 25.2 Å². The topological polar surface area (TPSA) is 67.3 Å². The minimum Gasteiger partial charge on any atom is -0.497 e. The van der Waals surface area contributed by atoms with E-state index in [0.29, 0.717) is 18.3 Å². The standard InChI is InChI=1S/C16H20N4O2S2/c1-20(9-11-4-3-5-13(8-11)22-2)14(21)10-23-16-19-18-15(24-16)17-12-6-7-12/h3-5,8,12H,6-7,9-10H2,1-2H3,(H,17,18). The van der Waals surface area contributed by atoms with Crippen LogP contribution in [0.15, 0.2) is 28.6 Å². The molecule has 0 saturated heterocycles. The van der Waals surface area contributed by atoms with Gasteiger partial charge >= 0.3 is 0 Å². The molecule has 0 radical (unpaired) electrons. The minimum atomic E-state index is 0.0646. The zero-order valence-electron chi connectivity index (χ0n) is 13.7. The summed E-state index contributed by atoms with van der Waals surface area (Å²) < 4.78 is 6.03. The van der Waals surface area contributed by atoms with E-state index >= 15 is 0 Å². The van der Waals surface area contributed by atoms with Gasteiger partial charge in [0.2, 0.25) is 11.0 Å². The summed E-state index contributed by atoms with van der Waals surface area (Å²) in [6.45, 7) is 0.557. The third kappa shape index (κ3) is 4.85. The number of nitrogens with zero attached hydrogens (tertiary/aromatic N) is 3. The fourth-order valence-electron chi connectivity index (χ4n) is 2.10. The number of aromatic nitrogens is 2. The maximum absolute atomic E-state index is 12.3. The second-order valence-electron chi connectivity index (χ2n) is 5.68. The van der Waals surface area contributed by atoms with E-state index < -0.39 is 0 Å². The van der Waals surface area contributed by atoms with Gasteiger partial charge in [-0.1, -0.05) is 35.2 Å². The van der Waals surface area contributed by atoms with Crippen molar-refractivity contribution in [2.45, 2.75) is 29.8 Å². The Morgan fingerprint density at radius 3 is 3.04 bits per heavy atom. The SMILES string of the molecule is COc1cccc(CN(C)C(=O)CSc2nnc(NC3CC3)s2)c1. The summed E-state index contributed by atoms with van der Waals surface area (Å²) in [4.78, 5) is 14.0. The smallest absolute Gasteiger partial charge is 0.233 e. The number of carbonyl (C=O) groups excluding carboxylic acids is 1. The Morgan fingerprint density at radius 1 is 1.46 bits per heavy atom. The molecule has 0 aliphatic heterocycles. The number of thioether (sulfide) groups is 1. The lowest BCUT2D eigenvalue weighted by Gasteiger charge is -2.17. The maximum atomic E-state index is 12.3. The summed E-state index contributed by atoms with van der Waals surface area (Å²) in [7, 11) is 3.45. The maximum Gasteiger partial charge on any atom is 0.233 e. The molecule has 128 valence electrons. The van der Waals surface area contributed by atoms with Crippen LogP contribution in [0.1, 0.15) is 18.4 Å². The Balaban J connectivity index is 1.47. The number of methoxy groups -OCH3 is 1. The fraction of sp³-hybridized carbons (Fsp3) is 0.438. The van der Waals surface area contributed by atoms with Gasteiger partial charge in [-0.05, 0) is 30.5 Å². The molecule has 0 atom stereocenters. The van der Waals surface area contributed by atoms with Gasteiger partial charge < -0.3 is 15.0 Å². The largest absolute Gasteiger partial charge is 0.497 e. The molecule has 0 unspecified atom stereocenters. The molecule has 1 saturated carbocycles. The molecular formula is C16H20N4O2S2. The number of benzene rings is 1. The van der Waals surface area contributed by atoms with Crippen LogP contribution in [0, 0.1) is 0 Å². The van der Waals surface area contributed by atoms with E-state index in [4.69, 9.17) is 4.74 Å². The average molecular weight is 364 g/mol. The molecule has 2 aromatic rings. The summed E-state index contributed by atoms with van der Waals surface area (Å²) in [6, 6.07) is 8.31. The van der Waals surface area contributed by atoms with Gasteiger partial charge in [0.1, 0.15) is 5.75 Å². The Hall–Kier alpha value is -1.80. The van der Waals surface area contributed by atoms with Gasteiger partial charge in [-0.15, -0.1) is 10.2 Å². The van der Waals surface area contributed by atoms with Crippen LogP contribution in [0.25, 0.3) is 0 Å². The van der Waals surface area contributed by atoms with Gasteiger partial charge in [0, 0.05) is 19.6 Å². The molecule has 1 N–H and O–H groups in total. The minimum absolute atomic E-state index is 0.0646. The molecule has 24 heavy (non-hydrogen) atoms. The molecule has 8 heteroatoms. The molecule has 1 aromatic carbocycles. The predicted molar refractivity (Wildman–Crippen MR) is 96.7 cm³/mol. The second kappa shape index (κ2) is 7.85. The first-order chi connectivity index (χ1) is 11.6. The lowest BCUT2D eigenvalue weighted by Crippen LogP contribution is -2.27. The first-order valence-electron chi connectivity index (χ1n) is 7.74. The average Bonchev–Trinajstić information content (AvgIpc) is 3.29. The Labute approximate surface area is 149 Å². The molecule has 1 fully saturated rings. The number of carbonyl (C=O) groups is 1. The third-order valence-corrected chi connectivity index (χ3v) is 5.58. The molecular weight excluding hydrogens is 344 g/mol. The van der Waals surface area contributed by atoms with E-state index in [9.17, 15) is 4.79 Å². The Kier molecular flexibility index (Phi) is 5.57.